The third-order valence-corrected chi connectivity index (χ3v) is 3.79. The Morgan fingerprint density at radius 2 is 1.89 bits per heavy atom. The molecule has 1 fully saturated rings. The third kappa shape index (κ3) is 7.34. The van der Waals surface area contributed by atoms with E-state index in [1.54, 1.807) is 0 Å². The van der Waals surface area contributed by atoms with Crippen LogP contribution in [0.3, 0.4) is 0 Å². The summed E-state index contributed by atoms with van der Waals surface area (Å²) in [6.45, 7) is 8.56. The van der Waals surface area contributed by atoms with Gasteiger partial charge in [0.15, 0.2) is 0 Å². The zero-order valence-electron chi connectivity index (χ0n) is 12.3. The van der Waals surface area contributed by atoms with Crippen molar-refractivity contribution in [3.05, 3.63) is 0 Å². The van der Waals surface area contributed by atoms with Crippen molar-refractivity contribution >= 4 is 0 Å². The molecule has 1 atom stereocenters. The first-order valence-corrected chi connectivity index (χ1v) is 7.65. The van der Waals surface area contributed by atoms with Gasteiger partial charge in [-0.1, -0.05) is 26.2 Å². The van der Waals surface area contributed by atoms with Crippen molar-refractivity contribution in [1.29, 1.82) is 0 Å². The molecule has 1 aliphatic rings. The van der Waals surface area contributed by atoms with Gasteiger partial charge in [-0.3, -0.25) is 4.90 Å². The van der Waals surface area contributed by atoms with Gasteiger partial charge in [0.05, 0.1) is 13.2 Å². The summed E-state index contributed by atoms with van der Waals surface area (Å²) >= 11 is 0. The van der Waals surface area contributed by atoms with Crippen LogP contribution in [-0.4, -0.2) is 51.5 Å². The molecule has 3 nitrogen and oxygen atoms in total. The van der Waals surface area contributed by atoms with Crippen LogP contribution in [0.15, 0.2) is 0 Å². The van der Waals surface area contributed by atoms with E-state index < -0.39 is 0 Å². The molecule has 0 spiro atoms. The number of hydrogen-bond acceptors (Lipinski definition) is 3. The van der Waals surface area contributed by atoms with Crippen molar-refractivity contribution in [1.82, 2.24) is 4.90 Å². The van der Waals surface area contributed by atoms with Crippen LogP contribution in [-0.2, 0) is 9.47 Å². The topological polar surface area (TPSA) is 21.7 Å². The lowest BCUT2D eigenvalue weighted by Gasteiger charge is -2.26. The van der Waals surface area contributed by atoms with Crippen LogP contribution in [0.5, 0.6) is 0 Å². The minimum absolute atomic E-state index is 0.781. The highest BCUT2D eigenvalue weighted by Gasteiger charge is 2.10. The predicted octanol–water partition coefficient (Wildman–Crippen LogP) is 2.94. The Bertz CT molecular complexity index is 175. The average molecular weight is 257 g/mol. The lowest BCUT2D eigenvalue weighted by atomic mass is 9.97. The number of nitrogens with zero attached hydrogens (tertiary/aromatic N) is 1. The van der Waals surface area contributed by atoms with E-state index in [4.69, 9.17) is 9.47 Å². The summed E-state index contributed by atoms with van der Waals surface area (Å²) in [6, 6.07) is 0. The molecule has 0 bridgehead atoms. The first kappa shape index (κ1) is 15.9. The van der Waals surface area contributed by atoms with Gasteiger partial charge >= 0.3 is 0 Å². The molecule has 0 aromatic heterocycles. The standard InChI is InChI=1S/C15H31NO2/c1-3-7-15(14-17-2)8-5-4-6-9-16-10-12-18-13-11-16/h15H,3-14H2,1-2H3/t15-/m1/s1. The maximum Gasteiger partial charge on any atom is 0.0594 e. The third-order valence-electron chi connectivity index (χ3n) is 3.79. The van der Waals surface area contributed by atoms with Gasteiger partial charge in [0.25, 0.3) is 0 Å². The molecule has 0 amide bonds. The largest absolute Gasteiger partial charge is 0.384 e. The van der Waals surface area contributed by atoms with Gasteiger partial charge in [0.2, 0.25) is 0 Å². The van der Waals surface area contributed by atoms with Gasteiger partial charge in [-0.15, -0.1) is 0 Å². The van der Waals surface area contributed by atoms with Crippen molar-refractivity contribution in [2.45, 2.75) is 45.4 Å². The second-order valence-electron chi connectivity index (χ2n) is 5.41. The van der Waals surface area contributed by atoms with Crippen molar-refractivity contribution in [2.24, 2.45) is 5.92 Å². The molecule has 1 saturated heterocycles. The Morgan fingerprint density at radius 3 is 2.56 bits per heavy atom. The van der Waals surface area contributed by atoms with Crippen LogP contribution in [0.25, 0.3) is 0 Å². The molecule has 1 rings (SSSR count). The molecule has 0 aliphatic carbocycles. The van der Waals surface area contributed by atoms with E-state index in [1.807, 2.05) is 7.11 Å². The van der Waals surface area contributed by atoms with Gasteiger partial charge in [0.1, 0.15) is 0 Å². The molecule has 1 heterocycles. The molecule has 18 heavy (non-hydrogen) atoms. The second kappa shape index (κ2) is 10.8. The van der Waals surface area contributed by atoms with Crippen molar-refractivity contribution in [2.75, 3.05) is 46.6 Å². The fourth-order valence-electron chi connectivity index (χ4n) is 2.72. The molecule has 108 valence electrons. The van der Waals surface area contributed by atoms with Gasteiger partial charge in [-0.2, -0.15) is 0 Å². The normalized spacial score (nSPS) is 19.0. The Morgan fingerprint density at radius 1 is 1.11 bits per heavy atom. The molecule has 3 heteroatoms. The van der Waals surface area contributed by atoms with Crippen LogP contribution in [0.4, 0.5) is 0 Å². The molecular weight excluding hydrogens is 226 g/mol. The number of ether oxygens (including phenoxy) is 2. The SMILES string of the molecule is CCC[C@H](CCCCCN1CCOCC1)COC. The minimum atomic E-state index is 0.781. The number of rotatable bonds is 10. The summed E-state index contributed by atoms with van der Waals surface area (Å²) in [5.74, 6) is 0.781. The van der Waals surface area contributed by atoms with Gasteiger partial charge < -0.3 is 9.47 Å². The molecular formula is C15H31NO2. The van der Waals surface area contributed by atoms with Crippen molar-refractivity contribution in [3.8, 4) is 0 Å². The van der Waals surface area contributed by atoms with Crippen LogP contribution >= 0.6 is 0 Å². The maximum atomic E-state index is 5.36. The van der Waals surface area contributed by atoms with E-state index in [2.05, 4.69) is 11.8 Å². The highest BCUT2D eigenvalue weighted by atomic mass is 16.5. The van der Waals surface area contributed by atoms with Gasteiger partial charge in [-0.05, 0) is 31.7 Å². The van der Waals surface area contributed by atoms with E-state index >= 15 is 0 Å². The fourth-order valence-corrected chi connectivity index (χ4v) is 2.72. The summed E-state index contributed by atoms with van der Waals surface area (Å²) in [5, 5.41) is 0. The number of hydrogen-bond donors (Lipinski definition) is 0. The number of methoxy groups -OCH3 is 1. The van der Waals surface area contributed by atoms with Crippen LogP contribution < -0.4 is 0 Å². The van der Waals surface area contributed by atoms with Gasteiger partial charge in [0, 0.05) is 26.8 Å². The van der Waals surface area contributed by atoms with E-state index in [-0.39, 0.29) is 0 Å². The quantitative estimate of drug-likeness (QED) is 0.562. The molecule has 0 aromatic rings. The summed E-state index contributed by atoms with van der Waals surface area (Å²) in [4.78, 5) is 2.53. The van der Waals surface area contributed by atoms with Crippen molar-refractivity contribution < 1.29 is 9.47 Å². The highest BCUT2D eigenvalue weighted by Crippen LogP contribution is 2.16. The summed E-state index contributed by atoms with van der Waals surface area (Å²) in [6.07, 6.45) is 8.00. The maximum absolute atomic E-state index is 5.36. The Labute approximate surface area is 113 Å². The number of unbranched alkanes of at least 4 members (excludes halogenated alkanes) is 2. The number of morpholine rings is 1. The molecule has 1 aliphatic heterocycles. The molecule has 0 aromatic carbocycles. The zero-order valence-corrected chi connectivity index (χ0v) is 12.3. The summed E-state index contributed by atoms with van der Waals surface area (Å²) in [5.41, 5.74) is 0. The minimum Gasteiger partial charge on any atom is -0.384 e. The van der Waals surface area contributed by atoms with Crippen molar-refractivity contribution in [3.63, 3.8) is 0 Å². The first-order chi connectivity index (χ1) is 8.86. The zero-order chi connectivity index (χ0) is 13.1. The fraction of sp³-hybridized carbons (Fsp3) is 1.00. The smallest absolute Gasteiger partial charge is 0.0594 e. The van der Waals surface area contributed by atoms with Crippen LogP contribution in [0, 0.1) is 5.92 Å². The first-order valence-electron chi connectivity index (χ1n) is 7.65. The molecule has 0 N–H and O–H groups in total. The second-order valence-corrected chi connectivity index (χ2v) is 5.41. The highest BCUT2D eigenvalue weighted by molar-refractivity contribution is 4.63. The Balaban J connectivity index is 1.95. The monoisotopic (exact) mass is 257 g/mol. The average Bonchev–Trinajstić information content (AvgIpc) is 2.40. The lowest BCUT2D eigenvalue weighted by molar-refractivity contribution is 0.0370. The molecule has 0 saturated carbocycles. The van der Waals surface area contributed by atoms with Crippen LogP contribution in [0.1, 0.15) is 45.4 Å². The summed E-state index contributed by atoms with van der Waals surface area (Å²) in [7, 11) is 1.82. The van der Waals surface area contributed by atoms with E-state index in [9.17, 15) is 0 Å². The van der Waals surface area contributed by atoms with E-state index in [0.29, 0.717) is 0 Å². The predicted molar refractivity (Wildman–Crippen MR) is 76.0 cm³/mol. The van der Waals surface area contributed by atoms with Gasteiger partial charge in [-0.25, -0.2) is 0 Å². The van der Waals surface area contributed by atoms with E-state index in [1.165, 1.54) is 45.1 Å². The summed E-state index contributed by atoms with van der Waals surface area (Å²) < 4.78 is 10.6. The van der Waals surface area contributed by atoms with E-state index in [0.717, 1.165) is 38.8 Å². The Hall–Kier alpha value is -0.120. The van der Waals surface area contributed by atoms with Crippen LogP contribution in [0.2, 0.25) is 0 Å². The molecule has 0 radical (unpaired) electrons. The molecule has 0 unspecified atom stereocenters. The lowest BCUT2D eigenvalue weighted by Crippen LogP contribution is -2.36. The Kier molecular flexibility index (Phi) is 9.54.